The number of aromatic nitrogens is 4. The SMILES string of the molecule is C[S@](=O)c1cnc(C2CCN(c3ncc(Cl)cn3)CC2)nc1NC1(CO)CCC1. The van der Waals surface area contributed by atoms with E-state index in [1.165, 1.54) is 0 Å². The average molecular weight is 437 g/mol. The van der Waals surface area contributed by atoms with Crippen LogP contribution in [0.5, 0.6) is 0 Å². The number of piperidine rings is 1. The number of hydrogen-bond donors (Lipinski definition) is 2. The van der Waals surface area contributed by atoms with Gasteiger partial charge in [-0.2, -0.15) is 0 Å². The van der Waals surface area contributed by atoms with E-state index in [1.807, 2.05) is 0 Å². The fourth-order valence-electron chi connectivity index (χ4n) is 3.86. The van der Waals surface area contributed by atoms with Gasteiger partial charge in [-0.3, -0.25) is 4.21 Å². The monoisotopic (exact) mass is 436 g/mol. The number of nitrogens with one attached hydrogen (secondary N) is 1. The minimum atomic E-state index is -1.21. The molecule has 3 heterocycles. The molecule has 29 heavy (non-hydrogen) atoms. The maximum Gasteiger partial charge on any atom is 0.225 e. The number of aliphatic hydroxyl groups is 1. The Morgan fingerprint density at radius 1 is 1.24 bits per heavy atom. The summed E-state index contributed by atoms with van der Waals surface area (Å²) in [6.45, 7) is 1.66. The zero-order chi connectivity index (χ0) is 20.4. The summed E-state index contributed by atoms with van der Waals surface area (Å²) in [5, 5.41) is 13.7. The minimum Gasteiger partial charge on any atom is -0.394 e. The van der Waals surface area contributed by atoms with Crippen LogP contribution < -0.4 is 10.2 Å². The Kier molecular flexibility index (Phi) is 5.98. The highest BCUT2D eigenvalue weighted by Gasteiger charge is 2.37. The van der Waals surface area contributed by atoms with Gasteiger partial charge in [-0.05, 0) is 32.1 Å². The number of anilines is 2. The summed E-state index contributed by atoms with van der Waals surface area (Å²) in [6.07, 6.45) is 11.1. The molecule has 0 spiro atoms. The lowest BCUT2D eigenvalue weighted by atomic mass is 9.77. The summed E-state index contributed by atoms with van der Waals surface area (Å²) in [5.41, 5.74) is -0.352. The summed E-state index contributed by atoms with van der Waals surface area (Å²) in [6, 6.07) is 0. The number of hydrogen-bond acceptors (Lipinski definition) is 8. The van der Waals surface area contributed by atoms with Crippen LogP contribution in [0.15, 0.2) is 23.5 Å². The second-order valence-electron chi connectivity index (χ2n) is 7.77. The summed E-state index contributed by atoms with van der Waals surface area (Å²) in [7, 11) is -1.21. The molecule has 2 fully saturated rings. The van der Waals surface area contributed by atoms with E-state index in [0.717, 1.165) is 51.0 Å². The Hall–Kier alpha value is -1.84. The first-order valence-corrected chi connectivity index (χ1v) is 11.8. The minimum absolute atomic E-state index is 0.0433. The van der Waals surface area contributed by atoms with E-state index in [1.54, 1.807) is 24.8 Å². The van der Waals surface area contributed by atoms with Gasteiger partial charge < -0.3 is 15.3 Å². The van der Waals surface area contributed by atoms with E-state index in [0.29, 0.717) is 21.7 Å². The van der Waals surface area contributed by atoms with Crippen LogP contribution in [0.1, 0.15) is 43.8 Å². The van der Waals surface area contributed by atoms with Crippen molar-refractivity contribution in [2.24, 2.45) is 0 Å². The molecule has 0 radical (unpaired) electrons. The van der Waals surface area contributed by atoms with Crippen LogP contribution in [0.2, 0.25) is 5.02 Å². The Labute approximate surface area is 177 Å². The first-order valence-electron chi connectivity index (χ1n) is 9.81. The van der Waals surface area contributed by atoms with Gasteiger partial charge in [-0.1, -0.05) is 11.6 Å². The molecular formula is C19H25ClN6O2S. The van der Waals surface area contributed by atoms with Gasteiger partial charge in [-0.15, -0.1) is 0 Å². The van der Waals surface area contributed by atoms with Crippen LogP contribution in [0.4, 0.5) is 11.8 Å². The van der Waals surface area contributed by atoms with Crippen LogP contribution in [-0.2, 0) is 10.8 Å². The van der Waals surface area contributed by atoms with Crippen molar-refractivity contribution in [3.8, 4) is 0 Å². The molecule has 4 rings (SSSR count). The van der Waals surface area contributed by atoms with Crippen molar-refractivity contribution < 1.29 is 9.32 Å². The molecule has 1 saturated carbocycles. The Morgan fingerprint density at radius 3 is 2.48 bits per heavy atom. The largest absolute Gasteiger partial charge is 0.394 e. The fourth-order valence-corrected chi connectivity index (χ4v) is 4.53. The molecule has 2 N–H and O–H groups in total. The third kappa shape index (κ3) is 4.36. The standard InChI is InChI=1S/C19H25ClN6O2S/c1-29(28)15-11-21-16(24-17(15)25-19(12-27)5-2-6-19)13-3-7-26(8-4-13)18-22-9-14(20)10-23-18/h9-11,13,27H,2-8,12H2,1H3,(H,21,24,25)/t29-/m0/s1. The zero-order valence-electron chi connectivity index (χ0n) is 16.3. The Balaban J connectivity index is 1.49. The summed E-state index contributed by atoms with van der Waals surface area (Å²) in [4.78, 5) is 20.6. The maximum atomic E-state index is 12.2. The van der Waals surface area contributed by atoms with Crippen molar-refractivity contribution >= 4 is 34.2 Å². The van der Waals surface area contributed by atoms with Crippen molar-refractivity contribution in [3.05, 3.63) is 29.4 Å². The van der Waals surface area contributed by atoms with Gasteiger partial charge >= 0.3 is 0 Å². The molecule has 2 aromatic rings. The van der Waals surface area contributed by atoms with Crippen LogP contribution in [0.25, 0.3) is 0 Å². The second kappa shape index (κ2) is 8.49. The fraction of sp³-hybridized carbons (Fsp3) is 0.579. The second-order valence-corrected chi connectivity index (χ2v) is 9.56. The van der Waals surface area contributed by atoms with Crippen molar-refractivity contribution in [2.75, 3.05) is 36.2 Å². The number of halogens is 1. The molecule has 2 aliphatic rings. The average Bonchev–Trinajstić information content (AvgIpc) is 2.71. The summed E-state index contributed by atoms with van der Waals surface area (Å²) in [5.74, 6) is 2.24. The van der Waals surface area contributed by atoms with Gasteiger partial charge in [0.2, 0.25) is 5.95 Å². The summed E-state index contributed by atoms with van der Waals surface area (Å²) >= 11 is 5.87. The van der Waals surface area contributed by atoms with Gasteiger partial charge in [0.25, 0.3) is 0 Å². The van der Waals surface area contributed by atoms with Crippen LogP contribution in [-0.4, -0.2) is 60.7 Å². The van der Waals surface area contributed by atoms with Crippen molar-refractivity contribution in [1.82, 2.24) is 19.9 Å². The van der Waals surface area contributed by atoms with E-state index in [-0.39, 0.29) is 18.1 Å². The van der Waals surface area contributed by atoms with E-state index >= 15 is 0 Å². The number of aliphatic hydroxyl groups excluding tert-OH is 1. The third-order valence-corrected chi connectivity index (χ3v) is 6.94. The highest BCUT2D eigenvalue weighted by molar-refractivity contribution is 7.84. The number of nitrogens with zero attached hydrogens (tertiary/aromatic N) is 5. The zero-order valence-corrected chi connectivity index (χ0v) is 17.9. The molecule has 0 aromatic carbocycles. The summed E-state index contributed by atoms with van der Waals surface area (Å²) < 4.78 is 12.2. The quantitative estimate of drug-likeness (QED) is 0.711. The topological polar surface area (TPSA) is 104 Å². The molecule has 156 valence electrons. The molecule has 1 aliphatic carbocycles. The van der Waals surface area contributed by atoms with Crippen LogP contribution in [0.3, 0.4) is 0 Å². The van der Waals surface area contributed by atoms with Gasteiger partial charge in [-0.25, -0.2) is 19.9 Å². The predicted molar refractivity (Wildman–Crippen MR) is 113 cm³/mol. The first-order chi connectivity index (χ1) is 14.0. The molecule has 0 bridgehead atoms. The van der Waals surface area contributed by atoms with E-state index < -0.39 is 10.8 Å². The Bertz CT molecular complexity index is 879. The molecule has 1 atom stereocenters. The van der Waals surface area contributed by atoms with E-state index in [9.17, 15) is 9.32 Å². The van der Waals surface area contributed by atoms with Crippen molar-refractivity contribution in [2.45, 2.75) is 48.5 Å². The lowest BCUT2D eigenvalue weighted by Gasteiger charge is -2.41. The molecule has 0 unspecified atom stereocenters. The van der Waals surface area contributed by atoms with E-state index in [4.69, 9.17) is 16.6 Å². The van der Waals surface area contributed by atoms with Crippen LogP contribution in [0, 0.1) is 0 Å². The normalized spacial score (nSPS) is 20.2. The molecular weight excluding hydrogens is 412 g/mol. The molecule has 1 saturated heterocycles. The van der Waals surface area contributed by atoms with Gasteiger partial charge in [0.05, 0.1) is 45.3 Å². The number of rotatable bonds is 6. The molecule has 10 heteroatoms. The highest BCUT2D eigenvalue weighted by atomic mass is 35.5. The van der Waals surface area contributed by atoms with E-state index in [2.05, 4.69) is 25.2 Å². The molecule has 2 aromatic heterocycles. The van der Waals surface area contributed by atoms with Gasteiger partial charge in [0.15, 0.2) is 0 Å². The van der Waals surface area contributed by atoms with Crippen molar-refractivity contribution in [1.29, 1.82) is 0 Å². The Morgan fingerprint density at radius 2 is 1.93 bits per heavy atom. The first kappa shape index (κ1) is 20.4. The lowest BCUT2D eigenvalue weighted by Crippen LogP contribution is -2.48. The van der Waals surface area contributed by atoms with Gasteiger partial charge in [0, 0.05) is 31.5 Å². The molecule has 0 amide bonds. The highest BCUT2D eigenvalue weighted by Crippen LogP contribution is 2.36. The molecule has 8 nitrogen and oxygen atoms in total. The maximum absolute atomic E-state index is 12.2. The van der Waals surface area contributed by atoms with Crippen LogP contribution >= 0.6 is 11.6 Å². The van der Waals surface area contributed by atoms with Crippen molar-refractivity contribution in [3.63, 3.8) is 0 Å². The molecule has 1 aliphatic heterocycles. The van der Waals surface area contributed by atoms with Gasteiger partial charge in [0.1, 0.15) is 11.6 Å². The smallest absolute Gasteiger partial charge is 0.225 e. The predicted octanol–water partition coefficient (Wildman–Crippen LogP) is 2.37. The lowest BCUT2D eigenvalue weighted by molar-refractivity contribution is 0.143. The third-order valence-electron chi connectivity index (χ3n) is 5.83.